The van der Waals surface area contributed by atoms with Crippen molar-refractivity contribution in [2.75, 3.05) is 11.9 Å². The Bertz CT molecular complexity index is 625. The Morgan fingerprint density at radius 2 is 2.19 bits per heavy atom. The SMILES string of the molecule is CCNc1ccc(Cl)cc1C(=O)NCc1ncc(CC)o1. The molecule has 2 rings (SSSR count). The number of nitrogens with one attached hydrogen (secondary N) is 2. The van der Waals surface area contributed by atoms with Gasteiger partial charge in [0.25, 0.3) is 5.91 Å². The van der Waals surface area contributed by atoms with Gasteiger partial charge in [0.1, 0.15) is 5.76 Å². The average Bonchev–Trinajstić information content (AvgIpc) is 2.95. The second kappa shape index (κ2) is 7.13. The molecule has 0 aliphatic heterocycles. The summed E-state index contributed by atoms with van der Waals surface area (Å²) in [6.45, 7) is 4.92. The van der Waals surface area contributed by atoms with Crippen LogP contribution in [0, 0.1) is 0 Å². The molecule has 5 nitrogen and oxygen atoms in total. The molecular formula is C15H18ClN3O2. The van der Waals surface area contributed by atoms with E-state index in [1.54, 1.807) is 24.4 Å². The summed E-state index contributed by atoms with van der Waals surface area (Å²) in [7, 11) is 0. The lowest BCUT2D eigenvalue weighted by molar-refractivity contribution is 0.0948. The zero-order valence-corrected chi connectivity index (χ0v) is 12.8. The maximum absolute atomic E-state index is 12.3. The molecule has 1 aromatic heterocycles. The van der Waals surface area contributed by atoms with Gasteiger partial charge in [0.15, 0.2) is 0 Å². The minimum Gasteiger partial charge on any atom is -0.444 e. The van der Waals surface area contributed by atoms with Gasteiger partial charge in [-0.3, -0.25) is 4.79 Å². The predicted octanol–water partition coefficient (Wildman–Crippen LogP) is 3.25. The van der Waals surface area contributed by atoms with E-state index < -0.39 is 0 Å². The van der Waals surface area contributed by atoms with Gasteiger partial charge in [0.05, 0.1) is 18.3 Å². The van der Waals surface area contributed by atoms with Gasteiger partial charge in [0.2, 0.25) is 5.89 Å². The molecule has 1 amide bonds. The molecule has 0 radical (unpaired) electrons. The summed E-state index contributed by atoms with van der Waals surface area (Å²) in [5.41, 5.74) is 1.26. The molecule has 0 bridgehead atoms. The van der Waals surface area contributed by atoms with E-state index >= 15 is 0 Å². The van der Waals surface area contributed by atoms with E-state index in [4.69, 9.17) is 16.0 Å². The summed E-state index contributed by atoms with van der Waals surface area (Å²) in [6, 6.07) is 5.18. The molecule has 0 saturated heterocycles. The number of carbonyl (C=O) groups is 1. The van der Waals surface area contributed by atoms with E-state index in [2.05, 4.69) is 15.6 Å². The van der Waals surface area contributed by atoms with Crippen LogP contribution in [0.4, 0.5) is 5.69 Å². The number of aryl methyl sites for hydroxylation is 1. The van der Waals surface area contributed by atoms with Crippen LogP contribution in [0.3, 0.4) is 0 Å². The molecule has 21 heavy (non-hydrogen) atoms. The molecule has 0 spiro atoms. The van der Waals surface area contributed by atoms with Crippen molar-refractivity contribution in [2.45, 2.75) is 26.8 Å². The molecule has 0 saturated carbocycles. The van der Waals surface area contributed by atoms with Gasteiger partial charge in [0, 0.05) is 23.7 Å². The highest BCUT2D eigenvalue weighted by Gasteiger charge is 2.13. The monoisotopic (exact) mass is 307 g/mol. The zero-order chi connectivity index (χ0) is 15.2. The van der Waals surface area contributed by atoms with Crippen LogP contribution >= 0.6 is 11.6 Å². The summed E-state index contributed by atoms with van der Waals surface area (Å²) in [4.78, 5) is 16.4. The lowest BCUT2D eigenvalue weighted by atomic mass is 10.1. The van der Waals surface area contributed by atoms with Crippen LogP contribution in [0.25, 0.3) is 0 Å². The Balaban J connectivity index is 2.07. The van der Waals surface area contributed by atoms with Gasteiger partial charge in [-0.25, -0.2) is 4.98 Å². The number of halogens is 1. The Hall–Kier alpha value is -2.01. The van der Waals surface area contributed by atoms with Gasteiger partial charge in [-0.15, -0.1) is 0 Å². The van der Waals surface area contributed by atoms with Crippen molar-refractivity contribution in [1.29, 1.82) is 0 Å². The summed E-state index contributed by atoms with van der Waals surface area (Å²) in [5, 5.41) is 6.44. The highest BCUT2D eigenvalue weighted by atomic mass is 35.5. The van der Waals surface area contributed by atoms with Crippen molar-refractivity contribution in [3.05, 3.63) is 46.6 Å². The first-order chi connectivity index (χ1) is 10.1. The number of carbonyl (C=O) groups excluding carboxylic acids is 1. The van der Waals surface area contributed by atoms with Gasteiger partial charge in [-0.2, -0.15) is 0 Å². The van der Waals surface area contributed by atoms with Crippen molar-refractivity contribution in [3.8, 4) is 0 Å². The third-order valence-corrected chi connectivity index (χ3v) is 3.18. The Morgan fingerprint density at radius 1 is 1.38 bits per heavy atom. The van der Waals surface area contributed by atoms with E-state index in [-0.39, 0.29) is 12.5 Å². The van der Waals surface area contributed by atoms with Gasteiger partial charge in [-0.05, 0) is 25.1 Å². The minimum absolute atomic E-state index is 0.218. The highest BCUT2D eigenvalue weighted by Crippen LogP contribution is 2.20. The molecule has 0 fully saturated rings. The molecule has 1 heterocycles. The molecule has 0 atom stereocenters. The van der Waals surface area contributed by atoms with E-state index in [1.165, 1.54) is 0 Å². The fraction of sp³-hybridized carbons (Fsp3) is 0.333. The Morgan fingerprint density at radius 3 is 2.86 bits per heavy atom. The predicted molar refractivity (Wildman–Crippen MR) is 82.7 cm³/mol. The van der Waals surface area contributed by atoms with Crippen LogP contribution in [0.15, 0.2) is 28.8 Å². The Kier molecular flexibility index (Phi) is 5.22. The summed E-state index contributed by atoms with van der Waals surface area (Å²) in [6.07, 6.45) is 2.45. The topological polar surface area (TPSA) is 67.2 Å². The first kappa shape index (κ1) is 15.4. The number of hydrogen-bond acceptors (Lipinski definition) is 4. The number of benzene rings is 1. The number of amides is 1. The number of rotatable bonds is 6. The summed E-state index contributed by atoms with van der Waals surface area (Å²) in [5.74, 6) is 1.08. The molecular weight excluding hydrogens is 290 g/mol. The second-order valence-electron chi connectivity index (χ2n) is 4.48. The molecule has 2 N–H and O–H groups in total. The molecule has 112 valence electrons. The van der Waals surface area contributed by atoms with Crippen molar-refractivity contribution < 1.29 is 9.21 Å². The minimum atomic E-state index is -0.218. The smallest absolute Gasteiger partial charge is 0.253 e. The molecule has 0 unspecified atom stereocenters. The third kappa shape index (κ3) is 3.98. The average molecular weight is 308 g/mol. The number of hydrogen-bond donors (Lipinski definition) is 2. The van der Waals surface area contributed by atoms with Crippen LogP contribution in [0.5, 0.6) is 0 Å². The molecule has 1 aromatic carbocycles. The van der Waals surface area contributed by atoms with Crippen molar-refractivity contribution in [3.63, 3.8) is 0 Å². The van der Waals surface area contributed by atoms with Crippen molar-refractivity contribution in [2.24, 2.45) is 0 Å². The van der Waals surface area contributed by atoms with Gasteiger partial charge in [-0.1, -0.05) is 18.5 Å². The zero-order valence-electron chi connectivity index (χ0n) is 12.1. The number of oxazole rings is 1. The van der Waals surface area contributed by atoms with E-state index in [1.807, 2.05) is 13.8 Å². The normalized spacial score (nSPS) is 10.4. The van der Waals surface area contributed by atoms with Crippen LogP contribution in [0.2, 0.25) is 5.02 Å². The largest absolute Gasteiger partial charge is 0.444 e. The maximum Gasteiger partial charge on any atom is 0.253 e. The lowest BCUT2D eigenvalue weighted by Gasteiger charge is -2.10. The third-order valence-electron chi connectivity index (χ3n) is 2.94. The van der Waals surface area contributed by atoms with Crippen molar-refractivity contribution in [1.82, 2.24) is 10.3 Å². The number of anilines is 1. The van der Waals surface area contributed by atoms with E-state index in [0.717, 1.165) is 24.4 Å². The first-order valence-corrected chi connectivity index (χ1v) is 7.27. The lowest BCUT2D eigenvalue weighted by Crippen LogP contribution is -2.24. The summed E-state index contributed by atoms with van der Waals surface area (Å²) < 4.78 is 5.45. The van der Waals surface area contributed by atoms with Crippen LogP contribution < -0.4 is 10.6 Å². The fourth-order valence-electron chi connectivity index (χ4n) is 1.89. The number of aromatic nitrogens is 1. The second-order valence-corrected chi connectivity index (χ2v) is 4.91. The Labute approximate surface area is 128 Å². The van der Waals surface area contributed by atoms with E-state index in [0.29, 0.717) is 16.5 Å². The molecule has 0 aliphatic carbocycles. The van der Waals surface area contributed by atoms with Crippen molar-refractivity contribution >= 4 is 23.2 Å². The van der Waals surface area contributed by atoms with Crippen LogP contribution in [0.1, 0.15) is 35.9 Å². The van der Waals surface area contributed by atoms with Crippen LogP contribution in [-0.2, 0) is 13.0 Å². The van der Waals surface area contributed by atoms with Gasteiger partial charge < -0.3 is 15.1 Å². The molecule has 2 aromatic rings. The summed E-state index contributed by atoms with van der Waals surface area (Å²) >= 11 is 5.96. The van der Waals surface area contributed by atoms with E-state index in [9.17, 15) is 4.79 Å². The molecule has 6 heteroatoms. The fourth-order valence-corrected chi connectivity index (χ4v) is 2.07. The maximum atomic E-state index is 12.3. The number of nitrogens with zero attached hydrogens (tertiary/aromatic N) is 1. The highest BCUT2D eigenvalue weighted by molar-refractivity contribution is 6.31. The van der Waals surface area contributed by atoms with Crippen LogP contribution in [-0.4, -0.2) is 17.4 Å². The standard InChI is InChI=1S/C15H18ClN3O2/c1-3-11-8-18-14(21-11)9-19-15(20)12-7-10(16)5-6-13(12)17-4-2/h5-8,17H,3-4,9H2,1-2H3,(H,19,20). The quantitative estimate of drug-likeness (QED) is 0.859. The van der Waals surface area contributed by atoms with Gasteiger partial charge >= 0.3 is 0 Å². The first-order valence-electron chi connectivity index (χ1n) is 6.89. The molecule has 0 aliphatic rings.